The Morgan fingerprint density at radius 3 is 2.63 bits per heavy atom. The second-order valence-corrected chi connectivity index (χ2v) is 10.7. The smallest absolute Gasteiger partial charge is 0.395 e. The minimum absolute atomic E-state index is 0.00287. The predicted molar refractivity (Wildman–Crippen MR) is 153 cm³/mol. The van der Waals surface area contributed by atoms with Crippen LogP contribution in [0.15, 0.2) is 68.3 Å². The predicted octanol–water partition coefficient (Wildman–Crippen LogP) is 6.62. The summed E-state index contributed by atoms with van der Waals surface area (Å²) in [5.41, 5.74) is 3.01. The maximum Gasteiger partial charge on any atom is 0.430 e. The van der Waals surface area contributed by atoms with Gasteiger partial charge in [0.25, 0.3) is 11.8 Å². The van der Waals surface area contributed by atoms with Gasteiger partial charge in [-0.3, -0.25) is 9.59 Å². The molecule has 0 bridgehead atoms. The monoisotopic (exact) mass is 691 g/mol. The summed E-state index contributed by atoms with van der Waals surface area (Å²) in [7, 11) is 0. The maximum absolute atomic E-state index is 13.3. The molecule has 200 valence electrons. The number of benzene rings is 2. The molecule has 0 radical (unpaired) electrons. The van der Waals surface area contributed by atoms with Crippen LogP contribution < -0.4 is 16.4 Å². The van der Waals surface area contributed by atoms with Crippen LogP contribution in [0.1, 0.15) is 10.4 Å². The molecule has 0 aliphatic heterocycles. The van der Waals surface area contributed by atoms with Crippen LogP contribution in [-0.2, 0) is 4.79 Å². The number of fused-ring (bicyclic) bond motifs is 1. The number of allylic oxidation sites excluding steroid dienone is 1. The van der Waals surface area contributed by atoms with Crippen LogP contribution in [0.2, 0.25) is 5.02 Å². The zero-order chi connectivity index (χ0) is 28.0. The van der Waals surface area contributed by atoms with Gasteiger partial charge in [0.1, 0.15) is 11.4 Å². The average molecular weight is 694 g/mol. The van der Waals surface area contributed by atoms with Gasteiger partial charge in [0.2, 0.25) is 0 Å². The summed E-state index contributed by atoms with van der Waals surface area (Å²) in [4.78, 5) is 34.2. The number of rotatable bonds is 8. The molecule has 1 heterocycles. The van der Waals surface area contributed by atoms with Crippen molar-refractivity contribution in [1.82, 2.24) is 10.3 Å². The number of carbonyl (C=O) groups is 2. The number of amides is 2. The highest BCUT2D eigenvalue weighted by Crippen LogP contribution is 2.36. The highest BCUT2D eigenvalue weighted by Gasteiger charge is 2.32. The molecule has 2 aromatic carbocycles. The van der Waals surface area contributed by atoms with Gasteiger partial charge in [-0.15, -0.1) is 0 Å². The summed E-state index contributed by atoms with van der Waals surface area (Å²) in [6, 6.07) is 9.77. The lowest BCUT2D eigenvalue weighted by molar-refractivity contribution is -0.110. The Morgan fingerprint density at radius 1 is 1.24 bits per heavy atom. The number of hydrogen-bond acceptors (Lipinski definition) is 6. The molecule has 0 aliphatic rings. The molecule has 0 unspecified atom stereocenters. The lowest BCUT2D eigenvalue weighted by atomic mass is 10.0. The van der Waals surface area contributed by atoms with E-state index < -0.39 is 29.4 Å². The minimum Gasteiger partial charge on any atom is -0.395 e. The Hall–Kier alpha value is -2.61. The van der Waals surface area contributed by atoms with Crippen molar-refractivity contribution < 1.29 is 22.8 Å². The first-order valence-electron chi connectivity index (χ1n) is 10.7. The summed E-state index contributed by atoms with van der Waals surface area (Å²) in [6.45, 7) is 0.358. The second-order valence-electron chi connectivity index (χ2n) is 7.58. The highest BCUT2D eigenvalue weighted by molar-refractivity contribution is 9.11. The largest absolute Gasteiger partial charge is 0.430 e. The third-order valence-electron chi connectivity index (χ3n) is 4.93. The first kappa shape index (κ1) is 29.9. The SMILES string of the molecule is CSCCNC(=O)c1cc2cc(Br)ccc2c(Br)c1NC(=O)C(C=C(N)C(F)(F)F)=Nc1ncccc1Cl. The first-order chi connectivity index (χ1) is 17.9. The number of carbonyl (C=O) groups excluding carboxylic acids is 2. The molecule has 3 aromatic rings. The van der Waals surface area contributed by atoms with Crippen LogP contribution >= 0.6 is 55.2 Å². The molecule has 4 N–H and O–H groups in total. The highest BCUT2D eigenvalue weighted by atomic mass is 79.9. The zero-order valence-electron chi connectivity index (χ0n) is 19.5. The lowest BCUT2D eigenvalue weighted by Gasteiger charge is -2.16. The van der Waals surface area contributed by atoms with Gasteiger partial charge in [-0.1, -0.05) is 33.6 Å². The fourth-order valence-corrected chi connectivity index (χ4v) is 4.65. The molecule has 3 rings (SSSR count). The van der Waals surface area contributed by atoms with Crippen molar-refractivity contribution in [3.8, 4) is 0 Å². The van der Waals surface area contributed by atoms with Gasteiger partial charge in [-0.25, -0.2) is 9.98 Å². The van der Waals surface area contributed by atoms with E-state index >= 15 is 0 Å². The Bertz CT molecular complexity index is 1450. The van der Waals surface area contributed by atoms with Crippen molar-refractivity contribution in [2.75, 3.05) is 23.9 Å². The summed E-state index contributed by atoms with van der Waals surface area (Å²) in [6.07, 6.45) is -1.35. The molecule has 0 fully saturated rings. The number of alkyl halides is 3. The van der Waals surface area contributed by atoms with E-state index in [-0.39, 0.29) is 22.1 Å². The standard InChI is InChI=1S/C24H19Br2ClF3N5O2S/c1-38-8-7-33-22(36)15-10-12-9-13(25)4-5-14(12)19(26)20(15)35-23(37)17(11-18(31)24(28,29)30)34-21-16(27)3-2-6-32-21/h2-6,9-11H,7-8,31H2,1H3,(H,33,36)(H,35,37). The summed E-state index contributed by atoms with van der Waals surface area (Å²) in [5, 5.41) is 6.61. The third kappa shape index (κ3) is 7.49. The van der Waals surface area contributed by atoms with Gasteiger partial charge < -0.3 is 16.4 Å². The number of thioether (sulfide) groups is 1. The van der Waals surface area contributed by atoms with Crippen LogP contribution in [0, 0.1) is 0 Å². The number of nitrogens with zero attached hydrogens (tertiary/aromatic N) is 2. The fraction of sp³-hybridized carbons (Fsp3) is 0.167. The fourth-order valence-electron chi connectivity index (χ4n) is 3.13. The van der Waals surface area contributed by atoms with E-state index in [2.05, 4.69) is 52.5 Å². The first-order valence-corrected chi connectivity index (χ1v) is 14.0. The van der Waals surface area contributed by atoms with E-state index in [0.717, 1.165) is 4.47 Å². The molecular formula is C24H19Br2ClF3N5O2S. The number of nitrogens with one attached hydrogen (secondary N) is 2. The number of aromatic nitrogens is 1. The minimum atomic E-state index is -4.92. The van der Waals surface area contributed by atoms with Gasteiger partial charge in [0.15, 0.2) is 5.82 Å². The summed E-state index contributed by atoms with van der Waals surface area (Å²) >= 11 is 14.4. The molecule has 0 atom stereocenters. The average Bonchev–Trinajstić information content (AvgIpc) is 2.85. The molecule has 1 aromatic heterocycles. The van der Waals surface area contributed by atoms with Crippen molar-refractivity contribution in [3.05, 3.63) is 73.9 Å². The third-order valence-corrected chi connectivity index (χ3v) is 7.16. The van der Waals surface area contributed by atoms with Crippen molar-refractivity contribution >= 4 is 95.0 Å². The summed E-state index contributed by atoms with van der Waals surface area (Å²) in [5.74, 6) is -1.11. The van der Waals surface area contributed by atoms with Gasteiger partial charge in [-0.05, 0) is 69.4 Å². The number of nitrogens with two attached hydrogens (primary N) is 1. The normalized spacial score (nSPS) is 12.5. The van der Waals surface area contributed by atoms with E-state index in [1.807, 2.05) is 6.26 Å². The molecule has 14 heteroatoms. The Balaban J connectivity index is 2.14. The lowest BCUT2D eigenvalue weighted by Crippen LogP contribution is -2.29. The van der Waals surface area contributed by atoms with Gasteiger partial charge >= 0.3 is 6.18 Å². The maximum atomic E-state index is 13.3. The molecule has 38 heavy (non-hydrogen) atoms. The van der Waals surface area contributed by atoms with Gasteiger partial charge in [-0.2, -0.15) is 24.9 Å². The van der Waals surface area contributed by atoms with Crippen LogP contribution in [0.3, 0.4) is 0 Å². The van der Waals surface area contributed by atoms with E-state index in [4.69, 9.17) is 17.3 Å². The Labute approximate surface area is 241 Å². The van der Waals surface area contributed by atoms with Crippen LogP contribution in [0.25, 0.3) is 10.8 Å². The zero-order valence-corrected chi connectivity index (χ0v) is 24.2. The molecule has 2 amide bonds. The Morgan fingerprint density at radius 2 is 1.97 bits per heavy atom. The van der Waals surface area contributed by atoms with Crippen molar-refractivity contribution in [3.63, 3.8) is 0 Å². The molecule has 7 nitrogen and oxygen atoms in total. The molecular weight excluding hydrogens is 675 g/mol. The van der Waals surface area contributed by atoms with E-state index in [9.17, 15) is 22.8 Å². The Kier molecular flexibility index (Phi) is 10.2. The number of halogens is 6. The topological polar surface area (TPSA) is 109 Å². The van der Waals surface area contributed by atoms with Crippen molar-refractivity contribution in [2.24, 2.45) is 10.7 Å². The summed E-state index contributed by atoms with van der Waals surface area (Å²) < 4.78 is 40.8. The van der Waals surface area contributed by atoms with Crippen LogP contribution in [-0.4, -0.2) is 47.2 Å². The second kappa shape index (κ2) is 13.0. The van der Waals surface area contributed by atoms with Gasteiger partial charge in [0, 0.05) is 27.4 Å². The van der Waals surface area contributed by atoms with E-state index in [1.54, 1.807) is 24.3 Å². The van der Waals surface area contributed by atoms with Crippen molar-refractivity contribution in [1.29, 1.82) is 0 Å². The van der Waals surface area contributed by atoms with Crippen LogP contribution in [0.5, 0.6) is 0 Å². The van der Waals surface area contributed by atoms with Crippen molar-refractivity contribution in [2.45, 2.75) is 6.18 Å². The van der Waals surface area contributed by atoms with Crippen LogP contribution in [0.4, 0.5) is 24.7 Å². The number of aliphatic imine (C=N–C) groups is 1. The molecule has 0 saturated carbocycles. The number of hydrogen-bond donors (Lipinski definition) is 3. The van der Waals surface area contributed by atoms with E-state index in [1.165, 1.54) is 30.1 Å². The number of anilines is 1. The molecule has 0 spiro atoms. The number of pyridine rings is 1. The van der Waals surface area contributed by atoms with Gasteiger partial charge in [0.05, 0.1) is 16.3 Å². The molecule has 0 aliphatic carbocycles. The van der Waals surface area contributed by atoms with E-state index in [0.29, 0.717) is 33.6 Å². The quantitative estimate of drug-likeness (QED) is 0.182. The molecule has 0 saturated heterocycles.